The predicted molar refractivity (Wildman–Crippen MR) is 66.0 cm³/mol. The molecule has 2 heterocycles. The zero-order valence-electron chi connectivity index (χ0n) is 10.4. The van der Waals surface area contributed by atoms with Gasteiger partial charge in [0.1, 0.15) is 11.8 Å². The van der Waals surface area contributed by atoms with E-state index in [4.69, 9.17) is 0 Å². The fourth-order valence-corrected chi connectivity index (χ4v) is 2.07. The van der Waals surface area contributed by atoms with Gasteiger partial charge in [0.05, 0.1) is 6.10 Å². The number of carbonyl (C=O) groups is 1. The molecule has 5 nitrogen and oxygen atoms in total. The van der Waals surface area contributed by atoms with Crippen LogP contribution in [0.15, 0.2) is 18.3 Å². The monoisotopic (exact) mass is 250 g/mol. The number of pyridine rings is 1. The van der Waals surface area contributed by atoms with Gasteiger partial charge in [-0.3, -0.25) is 9.78 Å². The van der Waals surface area contributed by atoms with Crippen molar-refractivity contribution in [3.8, 4) is 0 Å². The Kier molecular flexibility index (Phi) is 3.93. The highest BCUT2D eigenvalue weighted by Gasteiger charge is 2.21. The molecule has 18 heavy (non-hydrogen) atoms. The Bertz CT molecular complexity index is 411. The first-order valence-electron chi connectivity index (χ1n) is 6.21. The standard InChI is InChI=1S/C13H18N2O3/c1-9(16)12(17)10-4-5-11(14-8-10)13(18)15-6-2-3-7-15/h4-5,8-9,12,16-17H,2-3,6-7H2,1H3/t9-,12+/m0/s1. The lowest BCUT2D eigenvalue weighted by atomic mass is 10.1. The van der Waals surface area contributed by atoms with Crippen molar-refractivity contribution in [2.75, 3.05) is 13.1 Å². The zero-order valence-corrected chi connectivity index (χ0v) is 10.4. The first-order valence-corrected chi connectivity index (χ1v) is 6.21. The van der Waals surface area contributed by atoms with Gasteiger partial charge < -0.3 is 15.1 Å². The third-order valence-electron chi connectivity index (χ3n) is 3.20. The van der Waals surface area contributed by atoms with E-state index in [2.05, 4.69) is 4.98 Å². The first-order chi connectivity index (χ1) is 8.59. The van der Waals surface area contributed by atoms with Gasteiger partial charge in [0.2, 0.25) is 0 Å². The van der Waals surface area contributed by atoms with Crippen LogP contribution in [0, 0.1) is 0 Å². The Morgan fingerprint density at radius 2 is 2.00 bits per heavy atom. The van der Waals surface area contributed by atoms with Crippen LogP contribution in [0.2, 0.25) is 0 Å². The number of hydrogen-bond acceptors (Lipinski definition) is 4. The summed E-state index contributed by atoms with van der Waals surface area (Å²) in [5.41, 5.74) is 0.904. The molecule has 1 fully saturated rings. The number of amides is 1. The molecule has 2 atom stereocenters. The smallest absolute Gasteiger partial charge is 0.272 e. The van der Waals surface area contributed by atoms with Crippen molar-refractivity contribution in [1.29, 1.82) is 0 Å². The van der Waals surface area contributed by atoms with Crippen LogP contribution < -0.4 is 0 Å². The molecule has 0 aromatic carbocycles. The van der Waals surface area contributed by atoms with Gasteiger partial charge in [-0.1, -0.05) is 6.07 Å². The molecule has 1 amide bonds. The van der Waals surface area contributed by atoms with Crippen molar-refractivity contribution < 1.29 is 15.0 Å². The van der Waals surface area contributed by atoms with Crippen molar-refractivity contribution in [3.05, 3.63) is 29.6 Å². The Hall–Kier alpha value is -1.46. The second kappa shape index (κ2) is 5.46. The molecule has 1 aliphatic heterocycles. The molecule has 0 spiro atoms. The van der Waals surface area contributed by atoms with Gasteiger partial charge in [-0.15, -0.1) is 0 Å². The Morgan fingerprint density at radius 1 is 1.33 bits per heavy atom. The normalized spacial score (nSPS) is 18.7. The molecular formula is C13H18N2O3. The van der Waals surface area contributed by atoms with Crippen molar-refractivity contribution in [2.24, 2.45) is 0 Å². The van der Waals surface area contributed by atoms with E-state index < -0.39 is 12.2 Å². The topological polar surface area (TPSA) is 73.7 Å². The van der Waals surface area contributed by atoms with Crippen LogP contribution in [-0.2, 0) is 0 Å². The highest BCUT2D eigenvalue weighted by atomic mass is 16.3. The molecule has 98 valence electrons. The molecule has 0 unspecified atom stereocenters. The van der Waals surface area contributed by atoms with Gasteiger partial charge in [-0.05, 0) is 25.8 Å². The van der Waals surface area contributed by atoms with Crippen LogP contribution in [0.3, 0.4) is 0 Å². The van der Waals surface area contributed by atoms with Gasteiger partial charge in [-0.2, -0.15) is 0 Å². The lowest BCUT2D eigenvalue weighted by Gasteiger charge is -2.16. The van der Waals surface area contributed by atoms with Gasteiger partial charge in [-0.25, -0.2) is 0 Å². The molecule has 1 aliphatic rings. The van der Waals surface area contributed by atoms with Gasteiger partial charge in [0.25, 0.3) is 5.91 Å². The number of likely N-dealkylation sites (tertiary alicyclic amines) is 1. The molecule has 2 rings (SSSR count). The van der Waals surface area contributed by atoms with Crippen LogP contribution in [-0.4, -0.2) is 45.2 Å². The summed E-state index contributed by atoms with van der Waals surface area (Å²) < 4.78 is 0. The summed E-state index contributed by atoms with van der Waals surface area (Å²) in [5.74, 6) is -0.0643. The SMILES string of the molecule is C[C@H](O)[C@@H](O)c1ccc(C(=O)N2CCCC2)nc1. The van der Waals surface area contributed by atoms with E-state index in [9.17, 15) is 15.0 Å². The maximum atomic E-state index is 12.0. The number of carbonyl (C=O) groups excluding carboxylic acids is 1. The molecule has 0 radical (unpaired) electrons. The first kappa shape index (κ1) is 13.0. The average molecular weight is 250 g/mol. The molecule has 1 aromatic heterocycles. The van der Waals surface area contributed by atoms with Gasteiger partial charge in [0, 0.05) is 24.8 Å². The number of aliphatic hydroxyl groups is 2. The maximum Gasteiger partial charge on any atom is 0.272 e. The van der Waals surface area contributed by atoms with Gasteiger partial charge in [0.15, 0.2) is 0 Å². The third kappa shape index (κ3) is 2.68. The summed E-state index contributed by atoms with van der Waals surface area (Å²) >= 11 is 0. The van der Waals surface area contributed by atoms with Crippen LogP contribution >= 0.6 is 0 Å². The molecule has 2 N–H and O–H groups in total. The van der Waals surface area contributed by atoms with Crippen LogP contribution in [0.25, 0.3) is 0 Å². The second-order valence-corrected chi connectivity index (χ2v) is 4.66. The number of rotatable bonds is 3. The highest BCUT2D eigenvalue weighted by Crippen LogP contribution is 2.17. The lowest BCUT2D eigenvalue weighted by molar-refractivity contribution is 0.0303. The molecule has 0 aliphatic carbocycles. The minimum Gasteiger partial charge on any atom is -0.390 e. The number of aromatic nitrogens is 1. The Labute approximate surface area is 106 Å². The summed E-state index contributed by atoms with van der Waals surface area (Å²) in [7, 11) is 0. The van der Waals surface area contributed by atoms with Crippen molar-refractivity contribution >= 4 is 5.91 Å². The fraction of sp³-hybridized carbons (Fsp3) is 0.538. The van der Waals surface area contributed by atoms with E-state index >= 15 is 0 Å². The lowest BCUT2D eigenvalue weighted by Crippen LogP contribution is -2.28. The van der Waals surface area contributed by atoms with Crippen molar-refractivity contribution in [2.45, 2.75) is 32.0 Å². The summed E-state index contributed by atoms with van der Waals surface area (Å²) in [6, 6.07) is 3.23. The van der Waals surface area contributed by atoms with E-state index in [0.29, 0.717) is 11.3 Å². The zero-order chi connectivity index (χ0) is 13.1. The Morgan fingerprint density at radius 3 is 2.50 bits per heavy atom. The van der Waals surface area contributed by atoms with Crippen LogP contribution in [0.1, 0.15) is 41.9 Å². The summed E-state index contributed by atoms with van der Waals surface area (Å²) in [6.45, 7) is 3.09. The largest absolute Gasteiger partial charge is 0.390 e. The molecule has 1 aromatic rings. The average Bonchev–Trinajstić information content (AvgIpc) is 2.91. The number of aliphatic hydroxyl groups excluding tert-OH is 2. The summed E-state index contributed by atoms with van der Waals surface area (Å²) in [4.78, 5) is 17.9. The van der Waals surface area contributed by atoms with E-state index in [-0.39, 0.29) is 5.91 Å². The van der Waals surface area contributed by atoms with Crippen LogP contribution in [0.4, 0.5) is 0 Å². The molecule has 0 saturated carbocycles. The second-order valence-electron chi connectivity index (χ2n) is 4.66. The highest BCUT2D eigenvalue weighted by molar-refractivity contribution is 5.92. The fourth-order valence-electron chi connectivity index (χ4n) is 2.07. The minimum atomic E-state index is -0.964. The van der Waals surface area contributed by atoms with Crippen molar-refractivity contribution in [1.82, 2.24) is 9.88 Å². The number of nitrogens with zero attached hydrogens (tertiary/aromatic N) is 2. The molecule has 1 saturated heterocycles. The Balaban J connectivity index is 2.09. The number of hydrogen-bond donors (Lipinski definition) is 2. The summed E-state index contributed by atoms with van der Waals surface area (Å²) in [5, 5.41) is 18.9. The van der Waals surface area contributed by atoms with Gasteiger partial charge >= 0.3 is 0 Å². The predicted octanol–water partition coefficient (Wildman–Crippen LogP) is 0.732. The molecule has 0 bridgehead atoms. The van der Waals surface area contributed by atoms with E-state index in [0.717, 1.165) is 25.9 Å². The van der Waals surface area contributed by atoms with Crippen LogP contribution in [0.5, 0.6) is 0 Å². The van der Waals surface area contributed by atoms with E-state index in [1.54, 1.807) is 17.0 Å². The third-order valence-corrected chi connectivity index (χ3v) is 3.20. The summed E-state index contributed by atoms with van der Waals surface area (Å²) in [6.07, 6.45) is 1.72. The van der Waals surface area contributed by atoms with E-state index in [1.165, 1.54) is 13.1 Å². The molecule has 5 heteroatoms. The maximum absolute atomic E-state index is 12.0. The minimum absolute atomic E-state index is 0.0643. The quantitative estimate of drug-likeness (QED) is 0.829. The van der Waals surface area contributed by atoms with E-state index in [1.807, 2.05) is 0 Å². The molecular weight excluding hydrogens is 232 g/mol. The van der Waals surface area contributed by atoms with Crippen molar-refractivity contribution in [3.63, 3.8) is 0 Å².